The monoisotopic (exact) mass is 416 g/mol. The Bertz CT molecular complexity index is 1130. The minimum atomic E-state index is -3.19. The van der Waals surface area contributed by atoms with Crippen molar-refractivity contribution in [3.63, 3.8) is 0 Å². The number of sulfonamides is 1. The minimum absolute atomic E-state index is 0.0409. The van der Waals surface area contributed by atoms with Gasteiger partial charge in [-0.3, -0.25) is 9.50 Å². The van der Waals surface area contributed by atoms with Crippen LogP contribution in [-0.2, 0) is 10.0 Å². The molecule has 29 heavy (non-hydrogen) atoms. The molecule has 0 unspecified atom stereocenters. The van der Waals surface area contributed by atoms with Gasteiger partial charge in [0.1, 0.15) is 5.65 Å². The molecule has 1 aliphatic carbocycles. The molecule has 0 amide bonds. The van der Waals surface area contributed by atoms with Crippen LogP contribution in [0.4, 0.5) is 17.7 Å². The fourth-order valence-electron chi connectivity index (χ4n) is 3.77. The average Bonchev–Trinajstić information content (AvgIpc) is 3.22. The second-order valence-corrected chi connectivity index (χ2v) is 9.62. The number of rotatable bonds is 6. The van der Waals surface area contributed by atoms with Crippen molar-refractivity contribution in [2.24, 2.45) is 0 Å². The van der Waals surface area contributed by atoms with Crippen LogP contribution in [0.15, 0.2) is 24.4 Å². The van der Waals surface area contributed by atoms with Crippen LogP contribution in [0.3, 0.4) is 0 Å². The van der Waals surface area contributed by atoms with Gasteiger partial charge in [0.25, 0.3) is 0 Å². The molecule has 11 heteroatoms. The summed E-state index contributed by atoms with van der Waals surface area (Å²) in [4.78, 5) is 11.5. The molecule has 0 aromatic carbocycles. The second kappa shape index (κ2) is 6.99. The summed E-state index contributed by atoms with van der Waals surface area (Å²) in [5.74, 6) is 2.63. The average molecular weight is 417 g/mol. The molecule has 0 spiro atoms. The summed E-state index contributed by atoms with van der Waals surface area (Å²) in [6.07, 6.45) is 6.98. The molecule has 3 aromatic rings. The summed E-state index contributed by atoms with van der Waals surface area (Å²) in [5, 5.41) is 10.8. The largest absolute Gasteiger partial charge is 0.341 e. The Morgan fingerprint density at radius 3 is 2.69 bits per heavy atom. The Morgan fingerprint density at radius 2 is 1.97 bits per heavy atom. The molecule has 3 aromatic heterocycles. The van der Waals surface area contributed by atoms with Gasteiger partial charge in [-0.1, -0.05) is 0 Å². The number of aromatic amines is 1. The van der Waals surface area contributed by atoms with Crippen LogP contribution in [0.5, 0.6) is 0 Å². The van der Waals surface area contributed by atoms with Crippen LogP contribution in [0.25, 0.3) is 5.65 Å². The number of anilines is 3. The van der Waals surface area contributed by atoms with Gasteiger partial charge in [0.15, 0.2) is 5.82 Å². The van der Waals surface area contributed by atoms with E-state index in [1.54, 1.807) is 0 Å². The standard InChI is InChI=1S/C18H24N8O2S/c1-29(27,28)24-13-6-9-25(10-7-13)17-20-16-3-2-8-26(16)18(21-17)19-15-11-14(22-23-15)12-4-5-12/h2-3,8,11-13,24H,4-7,9-10H2,1H3,(H2,19,20,21,22,23). The van der Waals surface area contributed by atoms with E-state index in [2.05, 4.69) is 30.1 Å². The predicted molar refractivity (Wildman–Crippen MR) is 110 cm³/mol. The van der Waals surface area contributed by atoms with E-state index in [4.69, 9.17) is 4.98 Å². The number of nitrogens with zero attached hydrogens (tertiary/aromatic N) is 5. The lowest BCUT2D eigenvalue weighted by molar-refractivity contribution is 0.458. The minimum Gasteiger partial charge on any atom is -0.341 e. The molecule has 10 nitrogen and oxygen atoms in total. The molecule has 0 atom stereocenters. The van der Waals surface area contributed by atoms with E-state index in [1.807, 2.05) is 28.8 Å². The number of fused-ring (bicyclic) bond motifs is 1. The highest BCUT2D eigenvalue weighted by Gasteiger charge is 2.26. The van der Waals surface area contributed by atoms with E-state index in [1.165, 1.54) is 19.1 Å². The van der Waals surface area contributed by atoms with Crippen LogP contribution < -0.4 is 14.9 Å². The third-order valence-corrected chi connectivity index (χ3v) is 6.15. The Hall–Kier alpha value is -2.66. The molecule has 1 saturated carbocycles. The van der Waals surface area contributed by atoms with Crippen molar-refractivity contribution in [1.82, 2.24) is 29.3 Å². The summed E-state index contributed by atoms with van der Waals surface area (Å²) < 4.78 is 27.5. The van der Waals surface area contributed by atoms with Gasteiger partial charge in [-0.2, -0.15) is 15.1 Å². The number of aromatic nitrogens is 5. The van der Waals surface area contributed by atoms with E-state index in [0.717, 1.165) is 30.0 Å². The second-order valence-electron chi connectivity index (χ2n) is 7.84. The van der Waals surface area contributed by atoms with Crippen LogP contribution in [0.2, 0.25) is 0 Å². The smallest absolute Gasteiger partial charge is 0.230 e. The van der Waals surface area contributed by atoms with Crippen molar-refractivity contribution >= 4 is 33.4 Å². The molecule has 2 fully saturated rings. The first-order valence-electron chi connectivity index (χ1n) is 9.84. The lowest BCUT2D eigenvalue weighted by atomic mass is 10.1. The number of hydrogen-bond donors (Lipinski definition) is 3. The molecule has 1 saturated heterocycles. The van der Waals surface area contributed by atoms with Gasteiger partial charge in [-0.25, -0.2) is 13.1 Å². The van der Waals surface area contributed by atoms with E-state index >= 15 is 0 Å². The molecular weight excluding hydrogens is 392 g/mol. The van der Waals surface area contributed by atoms with Gasteiger partial charge in [0.2, 0.25) is 21.9 Å². The van der Waals surface area contributed by atoms with Crippen LogP contribution in [-0.4, -0.2) is 58.4 Å². The van der Waals surface area contributed by atoms with E-state index < -0.39 is 10.0 Å². The Morgan fingerprint density at radius 1 is 1.17 bits per heavy atom. The summed E-state index contributed by atoms with van der Waals surface area (Å²) in [7, 11) is -3.19. The van der Waals surface area contributed by atoms with Gasteiger partial charge >= 0.3 is 0 Å². The zero-order chi connectivity index (χ0) is 20.0. The van der Waals surface area contributed by atoms with Crippen molar-refractivity contribution in [1.29, 1.82) is 0 Å². The molecule has 2 aliphatic rings. The summed E-state index contributed by atoms with van der Waals surface area (Å²) >= 11 is 0. The molecule has 0 radical (unpaired) electrons. The SMILES string of the molecule is CS(=O)(=O)NC1CCN(c2nc(Nc3cc(C4CC4)[nH]n3)n3cccc3n2)CC1. The van der Waals surface area contributed by atoms with E-state index in [-0.39, 0.29) is 6.04 Å². The van der Waals surface area contributed by atoms with Crippen molar-refractivity contribution in [3.05, 3.63) is 30.1 Å². The van der Waals surface area contributed by atoms with Gasteiger partial charge in [0, 0.05) is 43.0 Å². The van der Waals surface area contributed by atoms with Gasteiger partial charge in [0.05, 0.1) is 6.26 Å². The van der Waals surface area contributed by atoms with E-state index in [9.17, 15) is 8.42 Å². The molecule has 1 aliphatic heterocycles. The first kappa shape index (κ1) is 18.4. The fourth-order valence-corrected chi connectivity index (χ4v) is 4.61. The Kier molecular flexibility index (Phi) is 4.43. The number of H-pyrrole nitrogens is 1. The van der Waals surface area contributed by atoms with Crippen molar-refractivity contribution in [2.45, 2.75) is 37.6 Å². The molecule has 0 bridgehead atoms. The summed E-state index contributed by atoms with van der Waals surface area (Å²) in [6.45, 7) is 1.38. The lowest BCUT2D eigenvalue weighted by Crippen LogP contribution is -2.44. The third kappa shape index (κ3) is 4.06. The van der Waals surface area contributed by atoms with Crippen LogP contribution in [0.1, 0.15) is 37.3 Å². The molecule has 5 rings (SSSR count). The molecule has 4 heterocycles. The first-order valence-corrected chi connectivity index (χ1v) is 11.7. The van der Waals surface area contributed by atoms with Gasteiger partial charge < -0.3 is 10.2 Å². The maximum absolute atomic E-state index is 11.5. The lowest BCUT2D eigenvalue weighted by Gasteiger charge is -2.32. The molecule has 154 valence electrons. The first-order chi connectivity index (χ1) is 13.9. The van der Waals surface area contributed by atoms with Gasteiger partial charge in [-0.05, 0) is 37.8 Å². The number of piperidine rings is 1. The molecule has 3 N–H and O–H groups in total. The summed E-state index contributed by atoms with van der Waals surface area (Å²) in [6, 6.07) is 5.87. The quantitative estimate of drug-likeness (QED) is 0.558. The maximum Gasteiger partial charge on any atom is 0.230 e. The van der Waals surface area contributed by atoms with Crippen molar-refractivity contribution in [3.8, 4) is 0 Å². The molecular formula is C18H24N8O2S. The zero-order valence-corrected chi connectivity index (χ0v) is 17.0. The predicted octanol–water partition coefficient (Wildman–Crippen LogP) is 1.59. The topological polar surface area (TPSA) is 120 Å². The Balaban J connectivity index is 1.36. The number of nitrogens with one attached hydrogen (secondary N) is 3. The third-order valence-electron chi connectivity index (χ3n) is 5.39. The van der Waals surface area contributed by atoms with Crippen molar-refractivity contribution in [2.75, 3.05) is 29.6 Å². The highest BCUT2D eigenvalue weighted by molar-refractivity contribution is 7.88. The summed E-state index contributed by atoms with van der Waals surface area (Å²) in [5.41, 5.74) is 1.96. The van der Waals surface area contributed by atoms with Crippen LogP contribution >= 0.6 is 0 Å². The van der Waals surface area contributed by atoms with Crippen LogP contribution in [0, 0.1) is 0 Å². The van der Waals surface area contributed by atoms with E-state index in [0.29, 0.717) is 30.9 Å². The normalized spacial score (nSPS) is 18.4. The maximum atomic E-state index is 11.5. The van der Waals surface area contributed by atoms with Crippen molar-refractivity contribution < 1.29 is 8.42 Å². The number of hydrogen-bond acceptors (Lipinski definition) is 7. The Labute approximate surface area is 168 Å². The van der Waals surface area contributed by atoms with Gasteiger partial charge in [-0.15, -0.1) is 0 Å². The highest BCUT2D eigenvalue weighted by atomic mass is 32.2. The highest BCUT2D eigenvalue weighted by Crippen LogP contribution is 2.39. The fraction of sp³-hybridized carbons (Fsp3) is 0.500. The zero-order valence-electron chi connectivity index (χ0n) is 16.2.